The zero-order chi connectivity index (χ0) is 13.1. The molecule has 2 aromatic rings. The van der Waals surface area contributed by atoms with E-state index in [1.165, 1.54) is 6.92 Å². The third kappa shape index (κ3) is 2.36. The number of benzene rings is 1. The van der Waals surface area contributed by atoms with E-state index in [1.807, 2.05) is 30.3 Å². The summed E-state index contributed by atoms with van der Waals surface area (Å²) in [7, 11) is 1.63. The second-order valence-corrected chi connectivity index (χ2v) is 4.20. The molecule has 0 aliphatic rings. The molecular weight excluding hydrogens is 228 g/mol. The van der Waals surface area contributed by atoms with Gasteiger partial charge in [-0.3, -0.25) is 4.79 Å². The van der Waals surface area contributed by atoms with E-state index in [2.05, 4.69) is 0 Å². The third-order valence-electron chi connectivity index (χ3n) is 2.91. The van der Waals surface area contributed by atoms with Gasteiger partial charge in [0, 0.05) is 7.11 Å². The smallest absolute Gasteiger partial charge is 0.163 e. The lowest BCUT2D eigenvalue weighted by molar-refractivity contribution is 0.101. The van der Waals surface area contributed by atoms with Crippen LogP contribution in [-0.4, -0.2) is 12.9 Å². The van der Waals surface area contributed by atoms with Crippen LogP contribution in [0.4, 0.5) is 0 Å². The van der Waals surface area contributed by atoms with E-state index in [0.717, 1.165) is 5.56 Å². The Morgan fingerprint density at radius 3 is 2.44 bits per heavy atom. The molecule has 0 N–H and O–H groups in total. The second kappa shape index (κ2) is 5.19. The summed E-state index contributed by atoms with van der Waals surface area (Å²) in [6.07, 6.45) is -0.280. The Bertz CT molecular complexity index is 540. The number of hydrogen-bond acceptors (Lipinski definition) is 3. The molecule has 0 aliphatic carbocycles. The molecule has 18 heavy (non-hydrogen) atoms. The number of methoxy groups -OCH3 is 1. The Balaban J connectivity index is 2.40. The number of ether oxygens (including phenoxy) is 1. The lowest BCUT2D eigenvalue weighted by Gasteiger charge is -2.12. The largest absolute Gasteiger partial charge is 0.462 e. The Labute approximate surface area is 106 Å². The molecule has 0 radical (unpaired) electrons. The topological polar surface area (TPSA) is 39.4 Å². The van der Waals surface area contributed by atoms with E-state index in [4.69, 9.17) is 9.15 Å². The minimum absolute atomic E-state index is 0.00501. The molecule has 3 nitrogen and oxygen atoms in total. The van der Waals surface area contributed by atoms with Gasteiger partial charge in [-0.05, 0) is 25.5 Å². The van der Waals surface area contributed by atoms with Crippen molar-refractivity contribution in [3.05, 3.63) is 59.0 Å². The van der Waals surface area contributed by atoms with E-state index in [-0.39, 0.29) is 11.9 Å². The number of Topliss-reactive ketones (excluding diaryl/α,β-unsaturated/α-hetero) is 1. The van der Waals surface area contributed by atoms with Crippen LogP contribution in [0.15, 0.2) is 40.8 Å². The first kappa shape index (κ1) is 12.6. The van der Waals surface area contributed by atoms with Gasteiger partial charge in [-0.25, -0.2) is 0 Å². The number of hydrogen-bond donors (Lipinski definition) is 0. The van der Waals surface area contributed by atoms with Gasteiger partial charge in [0.2, 0.25) is 0 Å². The van der Waals surface area contributed by atoms with Crippen molar-refractivity contribution in [2.75, 3.05) is 7.11 Å². The van der Waals surface area contributed by atoms with Gasteiger partial charge < -0.3 is 9.15 Å². The molecule has 0 bridgehead atoms. The molecule has 94 valence electrons. The molecule has 1 unspecified atom stereocenters. The van der Waals surface area contributed by atoms with Crippen LogP contribution in [0.1, 0.15) is 40.5 Å². The van der Waals surface area contributed by atoms with Crippen LogP contribution in [0.5, 0.6) is 0 Å². The predicted octanol–water partition coefficient (Wildman–Crippen LogP) is 3.53. The van der Waals surface area contributed by atoms with Gasteiger partial charge in [-0.15, -0.1) is 0 Å². The Morgan fingerprint density at radius 1 is 1.28 bits per heavy atom. The van der Waals surface area contributed by atoms with E-state index in [9.17, 15) is 4.79 Å². The highest BCUT2D eigenvalue weighted by molar-refractivity contribution is 5.95. The van der Waals surface area contributed by atoms with Crippen molar-refractivity contribution in [2.45, 2.75) is 20.0 Å². The van der Waals surface area contributed by atoms with Gasteiger partial charge in [0.25, 0.3) is 0 Å². The monoisotopic (exact) mass is 244 g/mol. The van der Waals surface area contributed by atoms with Crippen molar-refractivity contribution in [1.29, 1.82) is 0 Å². The molecule has 1 aromatic heterocycles. The first-order valence-electron chi connectivity index (χ1n) is 5.82. The van der Waals surface area contributed by atoms with Crippen molar-refractivity contribution in [3.63, 3.8) is 0 Å². The lowest BCUT2D eigenvalue weighted by atomic mass is 10.1. The molecule has 0 saturated carbocycles. The second-order valence-electron chi connectivity index (χ2n) is 4.20. The van der Waals surface area contributed by atoms with Gasteiger partial charge in [-0.2, -0.15) is 0 Å². The van der Waals surface area contributed by atoms with Crippen molar-refractivity contribution < 1.29 is 13.9 Å². The molecule has 1 aromatic carbocycles. The van der Waals surface area contributed by atoms with Crippen molar-refractivity contribution >= 4 is 5.78 Å². The molecule has 1 atom stereocenters. The first-order valence-corrected chi connectivity index (χ1v) is 5.82. The number of furan rings is 1. The molecule has 0 aliphatic heterocycles. The summed E-state index contributed by atoms with van der Waals surface area (Å²) < 4.78 is 11.1. The molecule has 0 fully saturated rings. The zero-order valence-corrected chi connectivity index (χ0v) is 10.8. The fraction of sp³-hybridized carbons (Fsp3) is 0.267. The third-order valence-corrected chi connectivity index (χ3v) is 2.91. The summed E-state index contributed by atoms with van der Waals surface area (Å²) in [6.45, 7) is 3.32. The van der Waals surface area contributed by atoms with Crippen LogP contribution < -0.4 is 0 Å². The van der Waals surface area contributed by atoms with Crippen LogP contribution >= 0.6 is 0 Å². The lowest BCUT2D eigenvalue weighted by Crippen LogP contribution is -2.01. The van der Waals surface area contributed by atoms with Crippen LogP contribution in [0.3, 0.4) is 0 Å². The normalized spacial score (nSPS) is 12.4. The maximum absolute atomic E-state index is 11.4. The number of rotatable bonds is 4. The first-order chi connectivity index (χ1) is 8.63. The summed E-state index contributed by atoms with van der Waals surface area (Å²) in [5, 5.41) is 0. The summed E-state index contributed by atoms with van der Waals surface area (Å²) >= 11 is 0. The number of carbonyl (C=O) groups excluding carboxylic acids is 1. The molecule has 0 saturated heterocycles. The van der Waals surface area contributed by atoms with Crippen LogP contribution in [0.2, 0.25) is 0 Å². The Morgan fingerprint density at radius 2 is 1.94 bits per heavy atom. The van der Waals surface area contributed by atoms with Crippen molar-refractivity contribution in [3.8, 4) is 0 Å². The van der Waals surface area contributed by atoms with E-state index in [0.29, 0.717) is 17.1 Å². The Hall–Kier alpha value is -1.87. The molecule has 2 rings (SSSR count). The summed E-state index contributed by atoms with van der Waals surface area (Å²) in [5.74, 6) is 1.30. The highest BCUT2D eigenvalue weighted by atomic mass is 16.5. The summed E-state index contributed by atoms with van der Waals surface area (Å²) in [4.78, 5) is 11.4. The average molecular weight is 244 g/mol. The van der Waals surface area contributed by atoms with Crippen LogP contribution in [0, 0.1) is 6.92 Å². The Kier molecular flexibility index (Phi) is 3.63. The minimum Gasteiger partial charge on any atom is -0.462 e. The fourth-order valence-corrected chi connectivity index (χ4v) is 2.03. The zero-order valence-electron chi connectivity index (χ0n) is 10.8. The van der Waals surface area contributed by atoms with Gasteiger partial charge in [0.15, 0.2) is 5.78 Å². The maximum atomic E-state index is 11.4. The van der Waals surface area contributed by atoms with Gasteiger partial charge in [0.1, 0.15) is 17.6 Å². The molecule has 0 spiro atoms. The van der Waals surface area contributed by atoms with Crippen LogP contribution in [-0.2, 0) is 4.74 Å². The summed E-state index contributed by atoms with van der Waals surface area (Å²) in [6, 6.07) is 11.6. The highest BCUT2D eigenvalue weighted by Gasteiger charge is 2.20. The van der Waals surface area contributed by atoms with E-state index in [1.54, 1.807) is 20.1 Å². The van der Waals surface area contributed by atoms with Gasteiger partial charge in [-0.1, -0.05) is 30.3 Å². The van der Waals surface area contributed by atoms with E-state index < -0.39 is 0 Å². The van der Waals surface area contributed by atoms with Gasteiger partial charge >= 0.3 is 0 Å². The molecular formula is C15H16O3. The summed E-state index contributed by atoms with van der Waals surface area (Å²) in [5.41, 5.74) is 1.62. The maximum Gasteiger partial charge on any atom is 0.163 e. The van der Waals surface area contributed by atoms with Gasteiger partial charge in [0.05, 0.1) is 5.56 Å². The highest BCUT2D eigenvalue weighted by Crippen LogP contribution is 2.28. The average Bonchev–Trinajstić information content (AvgIpc) is 2.74. The number of carbonyl (C=O) groups is 1. The quantitative estimate of drug-likeness (QED) is 0.772. The standard InChI is InChI=1S/C15H16O3/c1-10(16)13-9-14(18-11(13)2)15(17-3)12-7-5-4-6-8-12/h4-9,15H,1-3H3. The van der Waals surface area contributed by atoms with Crippen molar-refractivity contribution in [2.24, 2.45) is 0 Å². The fourth-order valence-electron chi connectivity index (χ4n) is 2.03. The van der Waals surface area contributed by atoms with Crippen LogP contribution in [0.25, 0.3) is 0 Å². The van der Waals surface area contributed by atoms with E-state index >= 15 is 0 Å². The SMILES string of the molecule is COC(c1ccccc1)c1cc(C(C)=O)c(C)o1. The minimum atomic E-state index is -0.280. The molecule has 0 amide bonds. The molecule has 1 heterocycles. The van der Waals surface area contributed by atoms with Crippen molar-refractivity contribution in [1.82, 2.24) is 0 Å². The number of aryl methyl sites for hydroxylation is 1. The molecule has 3 heteroatoms. The number of ketones is 1. The predicted molar refractivity (Wildman–Crippen MR) is 68.7 cm³/mol.